The zero-order chi connectivity index (χ0) is 24.5. The first kappa shape index (κ1) is 26.5. The van der Waals surface area contributed by atoms with Gasteiger partial charge in [0.25, 0.3) is 0 Å². The van der Waals surface area contributed by atoms with Gasteiger partial charge in [-0.05, 0) is 62.3 Å². The van der Waals surface area contributed by atoms with Gasteiger partial charge in [-0.2, -0.15) is 11.8 Å². The van der Waals surface area contributed by atoms with E-state index in [-0.39, 0.29) is 18.1 Å². The molecule has 0 aromatic heterocycles. The Morgan fingerprint density at radius 2 is 1.88 bits per heavy atom. The number of hydrogen-bond donors (Lipinski definition) is 5. The predicted molar refractivity (Wildman–Crippen MR) is 125 cm³/mol. The van der Waals surface area contributed by atoms with Gasteiger partial charge in [0.1, 0.15) is 23.9 Å². The molecule has 1 aliphatic rings. The van der Waals surface area contributed by atoms with E-state index in [1.165, 1.54) is 35.7 Å². The van der Waals surface area contributed by atoms with E-state index in [1.54, 1.807) is 12.1 Å². The van der Waals surface area contributed by atoms with Crippen molar-refractivity contribution in [1.29, 1.82) is 0 Å². The van der Waals surface area contributed by atoms with Gasteiger partial charge in [-0.3, -0.25) is 19.2 Å². The van der Waals surface area contributed by atoms with Gasteiger partial charge in [-0.25, -0.2) is 0 Å². The van der Waals surface area contributed by atoms with Crippen LogP contribution in [0.2, 0.25) is 0 Å². The zero-order valence-electron chi connectivity index (χ0n) is 18.8. The van der Waals surface area contributed by atoms with Gasteiger partial charge in [-0.15, -0.1) is 0 Å². The second kappa shape index (κ2) is 12.4. The van der Waals surface area contributed by atoms with Gasteiger partial charge in [0.2, 0.25) is 17.7 Å². The largest absolute Gasteiger partial charge is 0.508 e. The molecule has 1 aromatic rings. The Morgan fingerprint density at radius 1 is 1.21 bits per heavy atom. The molecule has 3 amide bonds. The number of nitrogens with one attached hydrogen (secondary N) is 2. The minimum Gasteiger partial charge on any atom is -0.508 e. The van der Waals surface area contributed by atoms with Gasteiger partial charge < -0.3 is 31.5 Å². The van der Waals surface area contributed by atoms with E-state index in [1.807, 2.05) is 6.26 Å². The summed E-state index contributed by atoms with van der Waals surface area (Å²) in [5.41, 5.74) is 6.91. The first-order valence-corrected chi connectivity index (χ1v) is 12.2. The lowest BCUT2D eigenvalue weighted by Gasteiger charge is -2.28. The molecule has 1 aliphatic heterocycles. The van der Waals surface area contributed by atoms with Gasteiger partial charge in [-0.1, -0.05) is 12.1 Å². The number of nitrogens with two attached hydrogens (primary N) is 1. The normalized spacial score (nSPS) is 18.3. The van der Waals surface area contributed by atoms with Crippen LogP contribution in [-0.2, 0) is 25.6 Å². The fourth-order valence-electron chi connectivity index (χ4n) is 3.64. The highest BCUT2D eigenvalue weighted by Gasteiger charge is 2.37. The van der Waals surface area contributed by atoms with Crippen molar-refractivity contribution in [3.63, 3.8) is 0 Å². The Morgan fingerprint density at radius 3 is 2.48 bits per heavy atom. The van der Waals surface area contributed by atoms with Crippen LogP contribution in [0.1, 0.15) is 31.7 Å². The molecule has 6 N–H and O–H groups in total. The van der Waals surface area contributed by atoms with Crippen LogP contribution >= 0.6 is 11.8 Å². The molecule has 1 saturated heterocycles. The molecule has 4 unspecified atom stereocenters. The Bertz CT molecular complexity index is 850. The van der Waals surface area contributed by atoms with E-state index < -0.39 is 42.0 Å². The Labute approximate surface area is 197 Å². The fraction of sp³-hybridized carbons (Fsp3) is 0.545. The number of benzene rings is 1. The summed E-state index contributed by atoms with van der Waals surface area (Å²) in [4.78, 5) is 51.0. The minimum absolute atomic E-state index is 0.118. The Kier molecular flexibility index (Phi) is 9.98. The van der Waals surface area contributed by atoms with Gasteiger partial charge in [0.05, 0.1) is 6.04 Å². The highest BCUT2D eigenvalue weighted by atomic mass is 32.2. The molecule has 0 radical (unpaired) electrons. The average molecular weight is 481 g/mol. The average Bonchev–Trinajstić information content (AvgIpc) is 3.27. The number of amides is 3. The molecule has 0 spiro atoms. The van der Waals surface area contributed by atoms with E-state index in [0.717, 1.165) is 5.56 Å². The lowest BCUT2D eigenvalue weighted by atomic mass is 10.0. The molecule has 0 bridgehead atoms. The first-order chi connectivity index (χ1) is 15.6. The quantitative estimate of drug-likeness (QED) is 0.297. The summed E-state index contributed by atoms with van der Waals surface area (Å²) >= 11 is 1.50. The second-order valence-electron chi connectivity index (χ2n) is 8.08. The number of carbonyl (C=O) groups is 4. The summed E-state index contributed by atoms with van der Waals surface area (Å²) in [7, 11) is 0. The van der Waals surface area contributed by atoms with Crippen LogP contribution in [0, 0.1) is 0 Å². The van der Waals surface area contributed by atoms with E-state index in [2.05, 4.69) is 10.6 Å². The van der Waals surface area contributed by atoms with Crippen LogP contribution in [0.4, 0.5) is 0 Å². The fourth-order valence-corrected chi connectivity index (χ4v) is 4.11. The van der Waals surface area contributed by atoms with Crippen LogP contribution < -0.4 is 16.4 Å². The number of carboxylic acids is 1. The monoisotopic (exact) mass is 480 g/mol. The summed E-state index contributed by atoms with van der Waals surface area (Å²) in [5.74, 6) is -1.86. The SMILES string of the molecule is CSCCC(NC(=O)C1CCCN1C(=O)C(N)Cc1ccc(O)cc1)C(=O)NC(C)C(=O)O. The van der Waals surface area contributed by atoms with Crippen LogP contribution in [-0.4, -0.2) is 81.5 Å². The van der Waals surface area contributed by atoms with Crippen molar-refractivity contribution in [2.75, 3.05) is 18.6 Å². The van der Waals surface area contributed by atoms with Crippen molar-refractivity contribution in [2.24, 2.45) is 5.73 Å². The maximum atomic E-state index is 13.0. The van der Waals surface area contributed by atoms with Crippen molar-refractivity contribution in [2.45, 2.75) is 56.8 Å². The van der Waals surface area contributed by atoms with Crippen molar-refractivity contribution in [3.05, 3.63) is 29.8 Å². The summed E-state index contributed by atoms with van der Waals surface area (Å²) in [5, 5.41) is 23.5. The third-order valence-electron chi connectivity index (χ3n) is 5.52. The highest BCUT2D eigenvalue weighted by molar-refractivity contribution is 7.98. The Hall–Kier alpha value is -2.79. The number of aliphatic carboxylic acids is 1. The molecule has 1 aromatic carbocycles. The molecular weight excluding hydrogens is 448 g/mol. The second-order valence-corrected chi connectivity index (χ2v) is 9.06. The standard InChI is InChI=1S/C22H32N4O6S/c1-13(22(31)32)24-19(28)17(9-11-33-2)25-20(29)18-4-3-10-26(18)21(30)16(23)12-14-5-7-15(27)8-6-14/h5-8,13,16-18,27H,3-4,9-12,23H2,1-2H3,(H,24,28)(H,25,29)(H,31,32). The number of carbonyl (C=O) groups excluding carboxylic acids is 3. The summed E-state index contributed by atoms with van der Waals surface area (Å²) in [6.45, 7) is 1.73. The third-order valence-corrected chi connectivity index (χ3v) is 6.16. The number of aromatic hydroxyl groups is 1. The molecule has 33 heavy (non-hydrogen) atoms. The number of likely N-dealkylation sites (tertiary alicyclic amines) is 1. The highest BCUT2D eigenvalue weighted by Crippen LogP contribution is 2.20. The topological polar surface area (TPSA) is 162 Å². The third kappa shape index (κ3) is 7.64. The van der Waals surface area contributed by atoms with E-state index in [9.17, 15) is 24.3 Å². The molecule has 1 fully saturated rings. The summed E-state index contributed by atoms with van der Waals surface area (Å²) in [6, 6.07) is 2.81. The number of rotatable bonds is 11. The van der Waals surface area contributed by atoms with Crippen molar-refractivity contribution in [1.82, 2.24) is 15.5 Å². The molecule has 11 heteroatoms. The van der Waals surface area contributed by atoms with Crippen LogP contribution in [0.25, 0.3) is 0 Å². The Balaban J connectivity index is 2.04. The summed E-state index contributed by atoms with van der Waals surface area (Å²) < 4.78 is 0. The first-order valence-electron chi connectivity index (χ1n) is 10.8. The van der Waals surface area contributed by atoms with Crippen molar-refractivity contribution < 1.29 is 29.4 Å². The van der Waals surface area contributed by atoms with E-state index >= 15 is 0 Å². The minimum atomic E-state index is -1.17. The van der Waals surface area contributed by atoms with Gasteiger partial charge in [0.15, 0.2) is 0 Å². The van der Waals surface area contributed by atoms with Crippen LogP contribution in [0.3, 0.4) is 0 Å². The number of thioether (sulfide) groups is 1. The summed E-state index contributed by atoms with van der Waals surface area (Å²) in [6.07, 6.45) is 3.53. The van der Waals surface area contributed by atoms with Crippen LogP contribution in [0.15, 0.2) is 24.3 Å². The van der Waals surface area contributed by atoms with E-state index in [4.69, 9.17) is 10.8 Å². The van der Waals surface area contributed by atoms with Gasteiger partial charge in [0, 0.05) is 6.54 Å². The number of nitrogens with zero attached hydrogens (tertiary/aromatic N) is 1. The molecule has 182 valence electrons. The number of hydrogen-bond acceptors (Lipinski definition) is 7. The molecule has 2 rings (SSSR count). The maximum absolute atomic E-state index is 13.0. The number of phenolic OH excluding ortho intramolecular Hbond substituents is 1. The molecule has 1 heterocycles. The lowest BCUT2D eigenvalue weighted by Crippen LogP contribution is -2.56. The van der Waals surface area contributed by atoms with E-state index in [0.29, 0.717) is 31.6 Å². The molecule has 4 atom stereocenters. The molecule has 10 nitrogen and oxygen atoms in total. The predicted octanol–water partition coefficient (Wildman–Crippen LogP) is 0.0802. The molecule has 0 saturated carbocycles. The zero-order valence-corrected chi connectivity index (χ0v) is 19.6. The molecule has 0 aliphatic carbocycles. The van der Waals surface area contributed by atoms with Crippen molar-refractivity contribution in [3.8, 4) is 5.75 Å². The van der Waals surface area contributed by atoms with Gasteiger partial charge >= 0.3 is 5.97 Å². The number of phenols is 1. The lowest BCUT2D eigenvalue weighted by molar-refractivity contribution is -0.142. The molecular formula is C22H32N4O6S. The maximum Gasteiger partial charge on any atom is 0.325 e. The van der Waals surface area contributed by atoms with Crippen LogP contribution in [0.5, 0.6) is 5.75 Å². The van der Waals surface area contributed by atoms with Crippen molar-refractivity contribution >= 4 is 35.5 Å². The smallest absolute Gasteiger partial charge is 0.325 e. The number of carboxylic acid groups (broad SMARTS) is 1.